The summed E-state index contributed by atoms with van der Waals surface area (Å²) in [5.41, 5.74) is 8.32. The van der Waals surface area contributed by atoms with Crippen molar-refractivity contribution in [2.75, 3.05) is 18.9 Å². The summed E-state index contributed by atoms with van der Waals surface area (Å²) < 4.78 is 33.9. The van der Waals surface area contributed by atoms with Gasteiger partial charge in [0, 0.05) is 23.1 Å². The summed E-state index contributed by atoms with van der Waals surface area (Å²) in [5, 5.41) is 4.58. The minimum atomic E-state index is -3.81. The second kappa shape index (κ2) is 11.8. The first-order valence-corrected chi connectivity index (χ1v) is 14.9. The number of rotatable bonds is 11. The van der Waals surface area contributed by atoms with Crippen molar-refractivity contribution >= 4 is 47.1 Å². The third kappa shape index (κ3) is 6.73. The predicted molar refractivity (Wildman–Crippen MR) is 157 cm³/mol. The molecule has 210 valence electrons. The standard InChI is InChI=1S/C28H37ClN5O4P/c1-7-36-17-24-32-25-26(22-10-8-9-11-23(22)31-27(25)30)34(24)18(2)16-37-39(35,33-19(3)28(4,5)6)38-21-14-12-20(29)13-15-21/h8-15,18-19H,7,16-17H2,1-6H3,(H2,30,31)(H,33,35)/t18-,19+,39?/m1/s1. The van der Waals surface area contributed by atoms with Gasteiger partial charge in [0.1, 0.15) is 23.7 Å². The van der Waals surface area contributed by atoms with Crippen LogP contribution in [0.15, 0.2) is 48.5 Å². The Morgan fingerprint density at radius 2 is 1.79 bits per heavy atom. The average Bonchev–Trinajstić information content (AvgIpc) is 3.27. The lowest BCUT2D eigenvalue weighted by Crippen LogP contribution is -2.37. The van der Waals surface area contributed by atoms with Crippen molar-refractivity contribution in [3.63, 3.8) is 0 Å². The number of nitrogens with one attached hydrogen (secondary N) is 1. The van der Waals surface area contributed by atoms with Crippen LogP contribution in [0.1, 0.15) is 53.4 Å². The van der Waals surface area contributed by atoms with E-state index in [9.17, 15) is 4.57 Å². The van der Waals surface area contributed by atoms with Crippen LogP contribution in [-0.4, -0.2) is 33.8 Å². The van der Waals surface area contributed by atoms with Crippen LogP contribution in [0.4, 0.5) is 5.82 Å². The maximum absolute atomic E-state index is 14.1. The number of fused-ring (bicyclic) bond motifs is 3. The van der Waals surface area contributed by atoms with Crippen LogP contribution in [0.3, 0.4) is 0 Å². The van der Waals surface area contributed by atoms with Crippen LogP contribution in [-0.2, 0) is 20.4 Å². The van der Waals surface area contributed by atoms with Gasteiger partial charge < -0.3 is 19.6 Å². The van der Waals surface area contributed by atoms with E-state index in [1.165, 1.54) is 0 Å². The van der Waals surface area contributed by atoms with Crippen molar-refractivity contribution in [1.29, 1.82) is 0 Å². The van der Waals surface area contributed by atoms with E-state index in [0.717, 1.165) is 16.4 Å². The maximum Gasteiger partial charge on any atom is 0.459 e. The van der Waals surface area contributed by atoms with Crippen LogP contribution in [0, 0.1) is 5.41 Å². The van der Waals surface area contributed by atoms with Crippen molar-refractivity contribution in [2.45, 2.75) is 60.2 Å². The number of nitrogens with zero attached hydrogens (tertiary/aromatic N) is 3. The molecule has 0 saturated carbocycles. The molecule has 0 radical (unpaired) electrons. The van der Waals surface area contributed by atoms with E-state index < -0.39 is 7.75 Å². The summed E-state index contributed by atoms with van der Waals surface area (Å²) in [6.45, 7) is 12.9. The zero-order valence-electron chi connectivity index (χ0n) is 23.3. The van der Waals surface area contributed by atoms with E-state index in [1.807, 2.05) is 49.6 Å². The average molecular weight is 574 g/mol. The fraction of sp³-hybridized carbons (Fsp3) is 0.429. The van der Waals surface area contributed by atoms with Gasteiger partial charge in [0.2, 0.25) is 0 Å². The molecular weight excluding hydrogens is 537 g/mol. The van der Waals surface area contributed by atoms with Crippen molar-refractivity contribution in [1.82, 2.24) is 19.6 Å². The van der Waals surface area contributed by atoms with E-state index in [-0.39, 0.29) is 30.7 Å². The van der Waals surface area contributed by atoms with Gasteiger partial charge >= 0.3 is 7.75 Å². The molecule has 3 N–H and O–H groups in total. The van der Waals surface area contributed by atoms with E-state index in [2.05, 4.69) is 30.8 Å². The van der Waals surface area contributed by atoms with Gasteiger partial charge in [-0.1, -0.05) is 50.6 Å². The molecular formula is C28H37ClN5O4P. The molecule has 0 spiro atoms. The second-order valence-electron chi connectivity index (χ2n) is 10.7. The largest absolute Gasteiger partial charge is 0.459 e. The number of nitrogens with two attached hydrogens (primary N) is 1. The summed E-state index contributed by atoms with van der Waals surface area (Å²) in [7, 11) is -3.81. The molecule has 2 heterocycles. The first-order chi connectivity index (χ1) is 18.4. The Morgan fingerprint density at radius 1 is 1.10 bits per heavy atom. The number of imidazole rings is 1. The van der Waals surface area contributed by atoms with Crippen LogP contribution < -0.4 is 15.3 Å². The van der Waals surface area contributed by atoms with Crippen molar-refractivity contribution < 1.29 is 18.3 Å². The fourth-order valence-electron chi connectivity index (χ4n) is 4.07. The summed E-state index contributed by atoms with van der Waals surface area (Å²) in [6.07, 6.45) is 0. The van der Waals surface area contributed by atoms with Gasteiger partial charge in [-0.2, -0.15) is 0 Å². The number of aromatic nitrogens is 3. The highest BCUT2D eigenvalue weighted by molar-refractivity contribution is 7.52. The highest BCUT2D eigenvalue weighted by Crippen LogP contribution is 2.47. The molecule has 0 amide bonds. The molecule has 2 aromatic heterocycles. The van der Waals surface area contributed by atoms with Gasteiger partial charge in [0.15, 0.2) is 5.82 Å². The third-order valence-corrected chi connectivity index (χ3v) is 8.57. The van der Waals surface area contributed by atoms with E-state index in [1.54, 1.807) is 24.3 Å². The SMILES string of the molecule is CCOCc1nc2c(N)nc3ccccc3c2n1[C@H](C)COP(=O)(N[C@@H](C)C(C)(C)C)Oc1ccc(Cl)cc1. The fourth-order valence-corrected chi connectivity index (χ4v) is 6.05. The Bertz CT molecular complexity index is 1490. The van der Waals surface area contributed by atoms with Crippen molar-refractivity contribution in [3.05, 3.63) is 59.4 Å². The number of anilines is 1. The zero-order valence-corrected chi connectivity index (χ0v) is 24.9. The van der Waals surface area contributed by atoms with Gasteiger partial charge in [-0.3, -0.25) is 4.52 Å². The molecule has 11 heteroatoms. The van der Waals surface area contributed by atoms with Crippen LogP contribution in [0.5, 0.6) is 5.75 Å². The lowest BCUT2D eigenvalue weighted by atomic mass is 9.89. The summed E-state index contributed by atoms with van der Waals surface area (Å²) in [5.74, 6) is 1.40. The number of hydrogen-bond acceptors (Lipinski definition) is 7. The second-order valence-corrected chi connectivity index (χ2v) is 12.8. The number of hydrogen-bond donors (Lipinski definition) is 2. The Kier molecular flexibility index (Phi) is 8.88. The molecule has 4 aromatic rings. The van der Waals surface area contributed by atoms with Crippen molar-refractivity contribution in [3.8, 4) is 5.75 Å². The molecule has 0 fully saturated rings. The number of benzene rings is 2. The Balaban J connectivity index is 1.71. The van der Waals surface area contributed by atoms with Gasteiger partial charge in [0.25, 0.3) is 0 Å². The highest BCUT2D eigenvalue weighted by Gasteiger charge is 2.34. The lowest BCUT2D eigenvalue weighted by Gasteiger charge is -2.32. The number of pyridine rings is 1. The number of ether oxygens (including phenoxy) is 1. The van der Waals surface area contributed by atoms with Gasteiger partial charge in [-0.05, 0) is 56.5 Å². The molecule has 0 saturated heterocycles. The topological polar surface area (TPSA) is 114 Å². The molecule has 0 bridgehead atoms. The van der Waals surface area contributed by atoms with E-state index in [0.29, 0.717) is 34.5 Å². The Morgan fingerprint density at radius 3 is 2.46 bits per heavy atom. The smallest absolute Gasteiger partial charge is 0.413 e. The van der Waals surface area contributed by atoms with Gasteiger partial charge in [-0.25, -0.2) is 19.6 Å². The first-order valence-electron chi connectivity index (χ1n) is 13.0. The summed E-state index contributed by atoms with van der Waals surface area (Å²) in [4.78, 5) is 9.33. The van der Waals surface area contributed by atoms with E-state index >= 15 is 0 Å². The molecule has 1 unspecified atom stereocenters. The quantitative estimate of drug-likeness (QED) is 0.182. The summed E-state index contributed by atoms with van der Waals surface area (Å²) >= 11 is 6.03. The number of para-hydroxylation sites is 1. The zero-order chi connectivity index (χ0) is 28.4. The predicted octanol–water partition coefficient (Wildman–Crippen LogP) is 7.15. The molecule has 2 aromatic carbocycles. The Labute approximate surface area is 234 Å². The lowest BCUT2D eigenvalue weighted by molar-refractivity contribution is 0.122. The third-order valence-electron chi connectivity index (χ3n) is 6.68. The molecule has 3 atom stereocenters. The summed E-state index contributed by atoms with van der Waals surface area (Å²) in [6, 6.07) is 14.0. The Hall–Kier alpha value is -2.68. The first kappa shape index (κ1) is 29.3. The molecule has 9 nitrogen and oxygen atoms in total. The van der Waals surface area contributed by atoms with Crippen LogP contribution >= 0.6 is 19.3 Å². The van der Waals surface area contributed by atoms with Gasteiger partial charge in [-0.15, -0.1) is 0 Å². The number of nitrogen functional groups attached to an aromatic ring is 1. The molecule has 0 aliphatic heterocycles. The molecule has 4 rings (SSSR count). The maximum atomic E-state index is 14.1. The molecule has 0 aliphatic carbocycles. The monoisotopic (exact) mass is 573 g/mol. The van der Waals surface area contributed by atoms with Crippen LogP contribution in [0.25, 0.3) is 21.9 Å². The minimum absolute atomic E-state index is 0.0653. The highest BCUT2D eigenvalue weighted by atomic mass is 35.5. The minimum Gasteiger partial charge on any atom is -0.413 e. The van der Waals surface area contributed by atoms with Gasteiger partial charge in [0.05, 0.1) is 23.7 Å². The molecule has 39 heavy (non-hydrogen) atoms. The van der Waals surface area contributed by atoms with E-state index in [4.69, 9.17) is 36.1 Å². The normalized spacial score (nSPS) is 15.4. The van der Waals surface area contributed by atoms with Crippen LogP contribution in [0.2, 0.25) is 5.02 Å². The molecule has 0 aliphatic rings. The van der Waals surface area contributed by atoms with Crippen molar-refractivity contribution in [2.24, 2.45) is 5.41 Å². The number of halogens is 1.